The number of carbonyl (C=O) groups is 1. The van der Waals surface area contributed by atoms with Crippen LogP contribution < -0.4 is 14.2 Å². The minimum absolute atomic E-state index is 0.0881. The summed E-state index contributed by atoms with van der Waals surface area (Å²) in [7, 11) is 4.54. The van der Waals surface area contributed by atoms with Gasteiger partial charge in [0.05, 0.1) is 43.7 Å². The van der Waals surface area contributed by atoms with Crippen LogP contribution in [0.5, 0.6) is 17.2 Å². The van der Waals surface area contributed by atoms with E-state index < -0.39 is 5.97 Å². The number of H-pyrrole nitrogens is 1. The molecule has 2 aromatic carbocycles. The number of aromatic amines is 1. The summed E-state index contributed by atoms with van der Waals surface area (Å²) in [5.74, 6) is 0.196. The number of nitrogens with zero attached hydrogens (tertiary/aromatic N) is 2. The first-order valence-electron chi connectivity index (χ1n) is 10.0. The van der Waals surface area contributed by atoms with Gasteiger partial charge in [-0.1, -0.05) is 31.2 Å². The van der Waals surface area contributed by atoms with Crippen LogP contribution in [-0.2, 0) is 6.42 Å². The van der Waals surface area contributed by atoms with E-state index in [0.29, 0.717) is 45.2 Å². The highest BCUT2D eigenvalue weighted by atomic mass is 16.5. The quantitative estimate of drug-likeness (QED) is 0.439. The van der Waals surface area contributed by atoms with Gasteiger partial charge in [-0.2, -0.15) is 5.10 Å². The van der Waals surface area contributed by atoms with Crippen molar-refractivity contribution in [2.24, 2.45) is 0 Å². The van der Waals surface area contributed by atoms with Crippen molar-refractivity contribution in [2.45, 2.75) is 13.3 Å². The standard InChI is InChI=1S/C24H23N3O5/c1-5-13-6-8-14(9-7-13)20-19-16(24(28)29)12-17(25-23(19)27-26-20)15-10-11-18(30-2)22(32-4)21(15)31-3/h6-12H,5H2,1-4H3,(H,28,29)(H,25,26,27). The fraction of sp³-hybridized carbons (Fsp3) is 0.208. The van der Waals surface area contributed by atoms with Crippen molar-refractivity contribution in [3.63, 3.8) is 0 Å². The van der Waals surface area contributed by atoms with E-state index in [1.54, 1.807) is 12.1 Å². The molecule has 0 spiro atoms. The molecular weight excluding hydrogens is 410 g/mol. The molecule has 0 aliphatic rings. The van der Waals surface area contributed by atoms with E-state index in [1.807, 2.05) is 24.3 Å². The predicted octanol–water partition coefficient (Wildman–Crippen LogP) is 4.58. The Labute approximate surface area is 184 Å². The number of aromatic carboxylic acids is 1. The fourth-order valence-corrected chi connectivity index (χ4v) is 3.75. The van der Waals surface area contributed by atoms with E-state index in [9.17, 15) is 9.90 Å². The molecule has 2 aromatic heterocycles. The van der Waals surface area contributed by atoms with Crippen molar-refractivity contribution in [1.82, 2.24) is 15.2 Å². The molecule has 0 saturated heterocycles. The van der Waals surface area contributed by atoms with Gasteiger partial charge in [-0.05, 0) is 30.2 Å². The van der Waals surface area contributed by atoms with E-state index in [4.69, 9.17) is 14.2 Å². The third-order valence-electron chi connectivity index (χ3n) is 5.39. The Bertz CT molecular complexity index is 1300. The molecule has 4 rings (SSSR count). The average molecular weight is 433 g/mol. The summed E-state index contributed by atoms with van der Waals surface area (Å²) in [6.45, 7) is 2.08. The monoisotopic (exact) mass is 433 g/mol. The summed E-state index contributed by atoms with van der Waals surface area (Å²) < 4.78 is 16.3. The second kappa shape index (κ2) is 8.58. The van der Waals surface area contributed by atoms with Gasteiger partial charge in [-0.3, -0.25) is 5.10 Å². The third-order valence-corrected chi connectivity index (χ3v) is 5.39. The van der Waals surface area contributed by atoms with Crippen LogP contribution in [0.4, 0.5) is 0 Å². The average Bonchev–Trinajstić information content (AvgIpc) is 3.26. The lowest BCUT2D eigenvalue weighted by Gasteiger charge is -2.15. The molecule has 0 aliphatic heterocycles. The Morgan fingerprint density at radius 2 is 1.72 bits per heavy atom. The smallest absolute Gasteiger partial charge is 0.336 e. The van der Waals surface area contributed by atoms with Gasteiger partial charge in [0.1, 0.15) is 0 Å². The van der Waals surface area contributed by atoms with Crippen LogP contribution in [0.3, 0.4) is 0 Å². The first-order chi connectivity index (χ1) is 15.5. The molecule has 4 aromatic rings. The molecule has 8 nitrogen and oxygen atoms in total. The number of benzene rings is 2. The summed E-state index contributed by atoms with van der Waals surface area (Å²) in [6.07, 6.45) is 0.919. The molecule has 2 heterocycles. The zero-order valence-corrected chi connectivity index (χ0v) is 18.2. The molecular formula is C24H23N3O5. The predicted molar refractivity (Wildman–Crippen MR) is 121 cm³/mol. The topological polar surface area (TPSA) is 107 Å². The maximum atomic E-state index is 12.2. The van der Waals surface area contributed by atoms with Crippen molar-refractivity contribution in [3.05, 3.63) is 53.6 Å². The van der Waals surface area contributed by atoms with Gasteiger partial charge in [0.2, 0.25) is 5.75 Å². The Morgan fingerprint density at radius 1 is 1.00 bits per heavy atom. The van der Waals surface area contributed by atoms with Crippen molar-refractivity contribution < 1.29 is 24.1 Å². The number of carboxylic acids is 1. The minimum atomic E-state index is -1.08. The van der Waals surface area contributed by atoms with Gasteiger partial charge in [0.25, 0.3) is 0 Å². The van der Waals surface area contributed by atoms with Gasteiger partial charge in [0.15, 0.2) is 17.1 Å². The van der Waals surface area contributed by atoms with Crippen molar-refractivity contribution in [2.75, 3.05) is 21.3 Å². The molecule has 0 atom stereocenters. The van der Waals surface area contributed by atoms with Gasteiger partial charge in [-0.15, -0.1) is 0 Å². The maximum Gasteiger partial charge on any atom is 0.336 e. The Kier molecular flexibility index (Phi) is 5.68. The Morgan fingerprint density at radius 3 is 2.31 bits per heavy atom. The van der Waals surface area contributed by atoms with Crippen LogP contribution >= 0.6 is 0 Å². The molecule has 0 aliphatic carbocycles. The molecule has 2 N–H and O–H groups in total. The fourth-order valence-electron chi connectivity index (χ4n) is 3.75. The molecule has 0 radical (unpaired) electrons. The van der Waals surface area contributed by atoms with E-state index in [1.165, 1.54) is 33.0 Å². The van der Waals surface area contributed by atoms with Crippen LogP contribution in [0.1, 0.15) is 22.8 Å². The summed E-state index contributed by atoms with van der Waals surface area (Å²) >= 11 is 0. The van der Waals surface area contributed by atoms with E-state index in [0.717, 1.165) is 12.0 Å². The zero-order valence-electron chi connectivity index (χ0n) is 18.2. The lowest BCUT2D eigenvalue weighted by Crippen LogP contribution is -2.02. The number of rotatable bonds is 7. The highest BCUT2D eigenvalue weighted by Crippen LogP contribution is 2.44. The second-order valence-corrected chi connectivity index (χ2v) is 7.09. The number of methoxy groups -OCH3 is 3. The van der Waals surface area contributed by atoms with Crippen LogP contribution in [-0.4, -0.2) is 47.6 Å². The Balaban J connectivity index is 1.94. The lowest BCUT2D eigenvalue weighted by atomic mass is 10.0. The first kappa shape index (κ1) is 21.2. The molecule has 8 heteroatoms. The van der Waals surface area contributed by atoms with Crippen LogP contribution in [0, 0.1) is 0 Å². The highest BCUT2D eigenvalue weighted by Gasteiger charge is 2.23. The van der Waals surface area contributed by atoms with Crippen LogP contribution in [0.15, 0.2) is 42.5 Å². The lowest BCUT2D eigenvalue weighted by molar-refractivity contribution is 0.0699. The number of aromatic nitrogens is 3. The Hall–Kier alpha value is -4.07. The summed E-state index contributed by atoms with van der Waals surface area (Å²) in [5, 5.41) is 17.7. The van der Waals surface area contributed by atoms with E-state index >= 15 is 0 Å². The van der Waals surface area contributed by atoms with E-state index in [2.05, 4.69) is 22.1 Å². The minimum Gasteiger partial charge on any atom is -0.493 e. The highest BCUT2D eigenvalue weighted by molar-refractivity contribution is 6.08. The largest absolute Gasteiger partial charge is 0.493 e. The first-order valence-corrected chi connectivity index (χ1v) is 10.0. The maximum absolute atomic E-state index is 12.2. The summed E-state index contributed by atoms with van der Waals surface area (Å²) in [5.41, 5.74) is 3.98. The van der Waals surface area contributed by atoms with Crippen LogP contribution in [0.2, 0.25) is 0 Å². The molecule has 0 unspecified atom stereocenters. The number of fused-ring (bicyclic) bond motifs is 1. The molecule has 32 heavy (non-hydrogen) atoms. The number of nitrogens with one attached hydrogen (secondary N) is 1. The number of hydrogen-bond acceptors (Lipinski definition) is 6. The molecule has 164 valence electrons. The van der Waals surface area contributed by atoms with Crippen molar-refractivity contribution in [3.8, 4) is 39.8 Å². The van der Waals surface area contributed by atoms with Gasteiger partial charge in [0, 0.05) is 11.1 Å². The van der Waals surface area contributed by atoms with Crippen LogP contribution in [0.25, 0.3) is 33.5 Å². The molecule has 0 amide bonds. The number of pyridine rings is 1. The SMILES string of the molecule is CCc1ccc(-c2[nH]nc3nc(-c4ccc(OC)c(OC)c4OC)cc(C(=O)O)c23)cc1. The molecule has 0 fully saturated rings. The van der Waals surface area contributed by atoms with Crippen molar-refractivity contribution >= 4 is 17.0 Å². The number of hydrogen-bond donors (Lipinski definition) is 2. The van der Waals surface area contributed by atoms with Gasteiger partial charge >= 0.3 is 5.97 Å². The number of ether oxygens (including phenoxy) is 3. The molecule has 0 bridgehead atoms. The normalized spacial score (nSPS) is 10.9. The van der Waals surface area contributed by atoms with Gasteiger partial charge < -0.3 is 19.3 Å². The number of carboxylic acid groups (broad SMARTS) is 1. The molecule has 0 saturated carbocycles. The zero-order chi connectivity index (χ0) is 22.8. The van der Waals surface area contributed by atoms with Crippen molar-refractivity contribution in [1.29, 1.82) is 0 Å². The third kappa shape index (κ3) is 3.49. The second-order valence-electron chi connectivity index (χ2n) is 7.09. The van der Waals surface area contributed by atoms with E-state index in [-0.39, 0.29) is 5.56 Å². The number of aryl methyl sites for hydroxylation is 1. The van der Waals surface area contributed by atoms with Gasteiger partial charge in [-0.25, -0.2) is 9.78 Å². The summed E-state index contributed by atoms with van der Waals surface area (Å²) in [6, 6.07) is 12.9. The summed E-state index contributed by atoms with van der Waals surface area (Å²) in [4.78, 5) is 16.8.